The molecule has 0 saturated carbocycles. The summed E-state index contributed by atoms with van der Waals surface area (Å²) in [5, 5.41) is 0. The number of amides is 1. The fourth-order valence-electron chi connectivity index (χ4n) is 2.22. The summed E-state index contributed by atoms with van der Waals surface area (Å²) < 4.78 is 0. The van der Waals surface area contributed by atoms with E-state index in [4.69, 9.17) is 12.2 Å². The van der Waals surface area contributed by atoms with E-state index in [9.17, 15) is 4.79 Å². The minimum absolute atomic E-state index is 0.0921. The highest BCUT2D eigenvalue weighted by atomic mass is 16.2. The van der Waals surface area contributed by atoms with Crippen LogP contribution in [0, 0.1) is 12.3 Å². The van der Waals surface area contributed by atoms with Crippen LogP contribution >= 0.6 is 0 Å². The van der Waals surface area contributed by atoms with Crippen LogP contribution in [0.1, 0.15) is 24.8 Å². The summed E-state index contributed by atoms with van der Waals surface area (Å²) in [7, 11) is 0. The Balaban J connectivity index is 2.26. The smallest absolute Gasteiger partial charge is 0.227 e. The van der Waals surface area contributed by atoms with Gasteiger partial charge in [0.15, 0.2) is 0 Å². The average molecular weight is 228 g/mol. The van der Waals surface area contributed by atoms with Gasteiger partial charge in [-0.15, -0.1) is 12.3 Å². The molecular weight excluding hydrogens is 212 g/mol. The van der Waals surface area contributed by atoms with Gasteiger partial charge >= 0.3 is 0 Å². The molecule has 3 nitrogen and oxygen atoms in total. The Morgan fingerprint density at radius 1 is 1.53 bits per heavy atom. The van der Waals surface area contributed by atoms with E-state index in [0.29, 0.717) is 12.8 Å². The van der Waals surface area contributed by atoms with E-state index in [-0.39, 0.29) is 5.91 Å². The third kappa shape index (κ3) is 2.26. The van der Waals surface area contributed by atoms with Gasteiger partial charge < -0.3 is 10.6 Å². The Morgan fingerprint density at radius 3 is 3.12 bits per heavy atom. The van der Waals surface area contributed by atoms with Gasteiger partial charge in [0.05, 0.1) is 0 Å². The van der Waals surface area contributed by atoms with Crippen molar-refractivity contribution in [2.45, 2.75) is 25.7 Å². The predicted molar refractivity (Wildman–Crippen MR) is 69.6 cm³/mol. The summed E-state index contributed by atoms with van der Waals surface area (Å²) in [5.41, 5.74) is 8.76. The summed E-state index contributed by atoms with van der Waals surface area (Å²) in [6.45, 7) is 0.764. The predicted octanol–water partition coefficient (Wildman–Crippen LogP) is 1.96. The molecule has 1 aromatic rings. The summed E-state index contributed by atoms with van der Waals surface area (Å²) >= 11 is 0. The van der Waals surface area contributed by atoms with Crippen LogP contribution in [0.15, 0.2) is 18.2 Å². The first-order valence-electron chi connectivity index (χ1n) is 5.85. The molecule has 3 heteroatoms. The number of benzene rings is 1. The van der Waals surface area contributed by atoms with E-state index < -0.39 is 0 Å². The molecule has 0 bridgehead atoms. The van der Waals surface area contributed by atoms with Crippen molar-refractivity contribution in [3.05, 3.63) is 23.8 Å². The average Bonchev–Trinajstić information content (AvgIpc) is 2.36. The Kier molecular flexibility index (Phi) is 3.34. The molecule has 1 amide bonds. The molecule has 1 aliphatic rings. The second kappa shape index (κ2) is 4.92. The van der Waals surface area contributed by atoms with Crippen molar-refractivity contribution in [2.75, 3.05) is 17.2 Å². The number of terminal acetylenes is 1. The summed E-state index contributed by atoms with van der Waals surface area (Å²) in [6.07, 6.45) is 7.99. The number of nitrogens with two attached hydrogens (primary N) is 1. The molecule has 0 aromatic heterocycles. The number of rotatable bonds is 2. The molecule has 0 fully saturated rings. The lowest BCUT2D eigenvalue weighted by atomic mass is 9.99. The SMILES string of the molecule is C#CCCC(=O)N1CCCc2c(N)cccc21. The van der Waals surface area contributed by atoms with Gasteiger partial charge in [-0.1, -0.05) is 6.07 Å². The van der Waals surface area contributed by atoms with Gasteiger partial charge in [-0.2, -0.15) is 0 Å². The molecule has 0 saturated heterocycles. The normalized spacial score (nSPS) is 13.9. The van der Waals surface area contributed by atoms with Crippen LogP contribution < -0.4 is 10.6 Å². The lowest BCUT2D eigenvalue weighted by Crippen LogP contribution is -2.35. The van der Waals surface area contributed by atoms with E-state index >= 15 is 0 Å². The van der Waals surface area contributed by atoms with Gasteiger partial charge in [0.1, 0.15) is 0 Å². The number of nitrogens with zero attached hydrogens (tertiary/aromatic N) is 1. The second-order valence-corrected chi connectivity index (χ2v) is 4.20. The van der Waals surface area contributed by atoms with Gasteiger partial charge in [-0.3, -0.25) is 4.79 Å². The van der Waals surface area contributed by atoms with Crippen molar-refractivity contribution < 1.29 is 4.79 Å². The number of hydrogen-bond donors (Lipinski definition) is 1. The van der Waals surface area contributed by atoms with Crippen molar-refractivity contribution in [3.63, 3.8) is 0 Å². The van der Waals surface area contributed by atoms with E-state index in [1.54, 1.807) is 0 Å². The van der Waals surface area contributed by atoms with Crippen molar-refractivity contribution in [1.82, 2.24) is 0 Å². The van der Waals surface area contributed by atoms with Gasteiger partial charge in [-0.25, -0.2) is 0 Å². The summed E-state index contributed by atoms with van der Waals surface area (Å²) in [4.78, 5) is 13.8. The zero-order valence-corrected chi connectivity index (χ0v) is 9.78. The number of fused-ring (bicyclic) bond motifs is 1. The number of hydrogen-bond acceptors (Lipinski definition) is 2. The molecular formula is C14H16N2O. The standard InChI is InChI=1S/C14H16N2O/c1-2-3-9-14(17)16-10-5-6-11-12(15)7-4-8-13(11)16/h1,4,7-8H,3,5-6,9-10,15H2. The number of nitrogen functional groups attached to an aromatic ring is 1. The van der Waals surface area contributed by atoms with Crippen molar-refractivity contribution in [3.8, 4) is 12.3 Å². The third-order valence-corrected chi connectivity index (χ3v) is 3.07. The minimum atomic E-state index is 0.0921. The molecule has 2 N–H and O–H groups in total. The summed E-state index contributed by atoms with van der Waals surface area (Å²) in [6, 6.07) is 5.73. The Hall–Kier alpha value is -1.95. The zero-order chi connectivity index (χ0) is 12.3. The fraction of sp³-hybridized carbons (Fsp3) is 0.357. The highest BCUT2D eigenvalue weighted by molar-refractivity contribution is 5.95. The van der Waals surface area contributed by atoms with Crippen LogP contribution in [0.5, 0.6) is 0 Å². The lowest BCUT2D eigenvalue weighted by Gasteiger charge is -2.30. The second-order valence-electron chi connectivity index (χ2n) is 4.20. The maximum atomic E-state index is 12.0. The first-order valence-corrected chi connectivity index (χ1v) is 5.85. The molecule has 0 radical (unpaired) electrons. The van der Waals surface area contributed by atoms with Crippen molar-refractivity contribution in [1.29, 1.82) is 0 Å². The molecule has 1 aliphatic heterocycles. The monoisotopic (exact) mass is 228 g/mol. The quantitative estimate of drug-likeness (QED) is 0.621. The molecule has 0 spiro atoms. The van der Waals surface area contributed by atoms with E-state index in [0.717, 1.165) is 36.3 Å². The summed E-state index contributed by atoms with van der Waals surface area (Å²) in [5.74, 6) is 2.59. The molecule has 1 heterocycles. The molecule has 1 aromatic carbocycles. The minimum Gasteiger partial charge on any atom is -0.398 e. The number of carbonyl (C=O) groups excluding carboxylic acids is 1. The van der Waals surface area contributed by atoms with Gasteiger partial charge in [0, 0.05) is 30.8 Å². The maximum absolute atomic E-state index is 12.0. The number of anilines is 2. The number of carbonyl (C=O) groups is 1. The van der Waals surface area contributed by atoms with Crippen LogP contribution in [-0.2, 0) is 11.2 Å². The Morgan fingerprint density at radius 2 is 2.35 bits per heavy atom. The molecule has 2 rings (SSSR count). The molecule has 0 atom stereocenters. The molecule has 0 unspecified atom stereocenters. The van der Waals surface area contributed by atoms with E-state index in [2.05, 4.69) is 5.92 Å². The van der Waals surface area contributed by atoms with Crippen LogP contribution in [-0.4, -0.2) is 12.5 Å². The lowest BCUT2D eigenvalue weighted by molar-refractivity contribution is -0.118. The van der Waals surface area contributed by atoms with Gasteiger partial charge in [0.25, 0.3) is 0 Å². The third-order valence-electron chi connectivity index (χ3n) is 3.07. The molecule has 0 aliphatic carbocycles. The molecule has 17 heavy (non-hydrogen) atoms. The molecule has 88 valence electrons. The zero-order valence-electron chi connectivity index (χ0n) is 9.78. The van der Waals surface area contributed by atoms with Crippen molar-refractivity contribution in [2.24, 2.45) is 0 Å². The first kappa shape index (κ1) is 11.5. The fourth-order valence-corrected chi connectivity index (χ4v) is 2.22. The van der Waals surface area contributed by atoms with Crippen LogP contribution in [0.3, 0.4) is 0 Å². The highest BCUT2D eigenvalue weighted by Crippen LogP contribution is 2.31. The topological polar surface area (TPSA) is 46.3 Å². The first-order chi connectivity index (χ1) is 8.24. The highest BCUT2D eigenvalue weighted by Gasteiger charge is 2.22. The van der Waals surface area contributed by atoms with Crippen LogP contribution in [0.4, 0.5) is 11.4 Å². The Bertz CT molecular complexity index is 474. The van der Waals surface area contributed by atoms with Gasteiger partial charge in [0.2, 0.25) is 5.91 Å². The van der Waals surface area contributed by atoms with E-state index in [1.807, 2.05) is 23.1 Å². The van der Waals surface area contributed by atoms with Gasteiger partial charge in [-0.05, 0) is 30.5 Å². The van der Waals surface area contributed by atoms with Crippen LogP contribution in [0.2, 0.25) is 0 Å². The largest absolute Gasteiger partial charge is 0.398 e. The maximum Gasteiger partial charge on any atom is 0.227 e. The Labute approximate surface area is 102 Å². The van der Waals surface area contributed by atoms with Crippen molar-refractivity contribution >= 4 is 17.3 Å². The van der Waals surface area contributed by atoms with Crippen LogP contribution in [0.25, 0.3) is 0 Å². The van der Waals surface area contributed by atoms with E-state index in [1.165, 1.54) is 0 Å².